The SMILES string of the molecule is CCOC(=O)c1c[nH]c(=O)c([C@H](CC(=O)NCCc2ccc(OC)cc2)c2cc(OC)c3c(c2OC)OCO3)c1O. The third-order valence-corrected chi connectivity index (χ3v) is 6.62. The number of aromatic hydroxyl groups is 1. The number of esters is 1. The minimum atomic E-state index is -1.09. The van der Waals surface area contributed by atoms with Crippen LogP contribution >= 0.6 is 0 Å². The van der Waals surface area contributed by atoms with Crippen molar-refractivity contribution in [3.05, 3.63) is 69.1 Å². The van der Waals surface area contributed by atoms with Gasteiger partial charge in [-0.05, 0) is 37.1 Å². The van der Waals surface area contributed by atoms with E-state index in [2.05, 4.69) is 10.3 Å². The van der Waals surface area contributed by atoms with Gasteiger partial charge in [-0.3, -0.25) is 9.59 Å². The van der Waals surface area contributed by atoms with Crippen LogP contribution in [0.4, 0.5) is 0 Å². The smallest absolute Gasteiger partial charge is 0.343 e. The number of fused-ring (bicyclic) bond motifs is 1. The predicted molar refractivity (Wildman–Crippen MR) is 147 cm³/mol. The standard InChI is InChI=1S/C29H32N2O10/c1-5-39-29(35)20-14-31-28(34)23(24(20)33)18(13-22(32)30-11-10-16-6-8-17(36-2)9-7-16)19-12-21(37-3)26-27(25(19)38-4)41-15-40-26/h6-9,12,14,18H,5,10-11,13,15H2,1-4H3,(H,30,32)(H2,31,33,34)/t18-/m1/s1. The van der Waals surface area contributed by atoms with Gasteiger partial charge in [-0.2, -0.15) is 0 Å². The first-order valence-electron chi connectivity index (χ1n) is 12.9. The van der Waals surface area contributed by atoms with Gasteiger partial charge < -0.3 is 43.8 Å². The molecule has 1 amide bonds. The first-order valence-corrected chi connectivity index (χ1v) is 12.9. The molecular formula is C29H32N2O10. The molecule has 3 N–H and O–H groups in total. The molecule has 12 heteroatoms. The Hall–Kier alpha value is -4.87. The van der Waals surface area contributed by atoms with Crippen LogP contribution in [0.1, 0.15) is 46.3 Å². The molecule has 1 aliphatic heterocycles. The zero-order valence-corrected chi connectivity index (χ0v) is 23.2. The topological polar surface area (TPSA) is 155 Å². The van der Waals surface area contributed by atoms with E-state index in [-0.39, 0.29) is 48.2 Å². The highest BCUT2D eigenvalue weighted by Crippen LogP contribution is 2.53. The van der Waals surface area contributed by atoms with Gasteiger partial charge in [0, 0.05) is 30.6 Å². The highest BCUT2D eigenvalue weighted by molar-refractivity contribution is 5.92. The van der Waals surface area contributed by atoms with Crippen LogP contribution in [0.15, 0.2) is 41.3 Å². The summed E-state index contributed by atoms with van der Waals surface area (Å²) in [5.74, 6) is -1.23. The van der Waals surface area contributed by atoms with Crippen LogP contribution in [0.5, 0.6) is 34.5 Å². The molecule has 0 saturated carbocycles. The Kier molecular flexibility index (Phi) is 9.23. The minimum absolute atomic E-state index is 0.0555. The van der Waals surface area contributed by atoms with Gasteiger partial charge in [0.05, 0.1) is 33.5 Å². The van der Waals surface area contributed by atoms with Crippen molar-refractivity contribution in [2.75, 3.05) is 41.3 Å². The molecule has 0 unspecified atom stereocenters. The normalized spacial score (nSPS) is 12.4. The van der Waals surface area contributed by atoms with E-state index in [0.29, 0.717) is 24.3 Å². The highest BCUT2D eigenvalue weighted by atomic mass is 16.7. The van der Waals surface area contributed by atoms with Crippen molar-refractivity contribution in [3.63, 3.8) is 0 Å². The molecule has 3 aromatic rings. The Morgan fingerprint density at radius 1 is 1.07 bits per heavy atom. The molecule has 12 nitrogen and oxygen atoms in total. The van der Waals surface area contributed by atoms with E-state index in [9.17, 15) is 19.5 Å². The van der Waals surface area contributed by atoms with Crippen LogP contribution in [0, 0.1) is 0 Å². The Labute approximate surface area is 236 Å². The number of nitrogens with one attached hydrogen (secondary N) is 2. The van der Waals surface area contributed by atoms with E-state index in [1.165, 1.54) is 14.2 Å². The number of methoxy groups -OCH3 is 3. The summed E-state index contributed by atoms with van der Waals surface area (Å²) < 4.78 is 32.5. The first-order chi connectivity index (χ1) is 19.8. The van der Waals surface area contributed by atoms with E-state index < -0.39 is 29.1 Å². The van der Waals surface area contributed by atoms with Crippen molar-refractivity contribution in [1.82, 2.24) is 10.3 Å². The molecule has 4 rings (SSSR count). The molecular weight excluding hydrogens is 536 g/mol. The quantitative estimate of drug-likeness (QED) is 0.278. The number of H-pyrrole nitrogens is 1. The van der Waals surface area contributed by atoms with E-state index >= 15 is 0 Å². The lowest BCUT2D eigenvalue weighted by molar-refractivity contribution is -0.121. The van der Waals surface area contributed by atoms with Crippen LogP contribution in [0.3, 0.4) is 0 Å². The van der Waals surface area contributed by atoms with Gasteiger partial charge >= 0.3 is 5.97 Å². The van der Waals surface area contributed by atoms with Gasteiger partial charge in [-0.15, -0.1) is 0 Å². The number of benzene rings is 2. The van der Waals surface area contributed by atoms with E-state index in [4.69, 9.17) is 28.4 Å². The summed E-state index contributed by atoms with van der Waals surface area (Å²) in [6.45, 7) is 1.89. The molecule has 0 spiro atoms. The van der Waals surface area contributed by atoms with Crippen molar-refractivity contribution in [2.45, 2.75) is 25.7 Å². The number of hydrogen-bond donors (Lipinski definition) is 3. The van der Waals surface area contributed by atoms with Crippen LogP contribution < -0.4 is 34.6 Å². The van der Waals surface area contributed by atoms with Gasteiger partial charge in [0.15, 0.2) is 11.5 Å². The average molecular weight is 569 g/mol. The van der Waals surface area contributed by atoms with Crippen molar-refractivity contribution < 1.29 is 43.1 Å². The molecule has 2 heterocycles. The lowest BCUT2D eigenvalue weighted by Gasteiger charge is -2.23. The molecule has 0 saturated heterocycles. The fourth-order valence-electron chi connectivity index (χ4n) is 4.64. The van der Waals surface area contributed by atoms with E-state index in [1.807, 2.05) is 24.3 Å². The molecule has 0 radical (unpaired) electrons. The maximum absolute atomic E-state index is 13.3. The number of carbonyl (C=O) groups is 2. The molecule has 2 aromatic carbocycles. The number of ether oxygens (including phenoxy) is 6. The van der Waals surface area contributed by atoms with Crippen LogP contribution in [-0.4, -0.2) is 63.2 Å². The van der Waals surface area contributed by atoms with Crippen LogP contribution in [-0.2, 0) is 16.0 Å². The third kappa shape index (κ3) is 6.16. The predicted octanol–water partition coefficient (Wildman–Crippen LogP) is 2.89. The molecule has 1 atom stereocenters. The first kappa shape index (κ1) is 29.1. The fraction of sp³-hybridized carbons (Fsp3) is 0.345. The summed E-state index contributed by atoms with van der Waals surface area (Å²) in [5, 5.41) is 14.0. The van der Waals surface area contributed by atoms with E-state index in [1.54, 1.807) is 20.1 Å². The van der Waals surface area contributed by atoms with Crippen molar-refractivity contribution >= 4 is 11.9 Å². The highest BCUT2D eigenvalue weighted by Gasteiger charge is 2.35. The summed E-state index contributed by atoms with van der Waals surface area (Å²) in [4.78, 5) is 41.5. The maximum atomic E-state index is 13.3. The number of rotatable bonds is 12. The Morgan fingerprint density at radius 2 is 1.80 bits per heavy atom. The monoisotopic (exact) mass is 568 g/mol. The number of aromatic nitrogens is 1. The second-order valence-electron chi connectivity index (χ2n) is 8.99. The summed E-state index contributed by atoms with van der Waals surface area (Å²) >= 11 is 0. The van der Waals surface area contributed by atoms with Crippen LogP contribution in [0.25, 0.3) is 0 Å². The Bertz CT molecular complexity index is 1470. The number of amides is 1. The molecule has 1 aliphatic rings. The third-order valence-electron chi connectivity index (χ3n) is 6.62. The number of pyridine rings is 1. The van der Waals surface area contributed by atoms with E-state index in [0.717, 1.165) is 17.5 Å². The molecule has 218 valence electrons. The largest absolute Gasteiger partial charge is 0.506 e. The van der Waals surface area contributed by atoms with Crippen molar-refractivity contribution in [2.24, 2.45) is 0 Å². The Morgan fingerprint density at radius 3 is 2.46 bits per heavy atom. The summed E-state index contributed by atoms with van der Waals surface area (Å²) in [6.07, 6.45) is 1.33. The van der Waals surface area contributed by atoms with Crippen LogP contribution in [0.2, 0.25) is 0 Å². The minimum Gasteiger partial charge on any atom is -0.506 e. The number of carbonyl (C=O) groups excluding carboxylic acids is 2. The van der Waals surface area contributed by atoms with Crippen molar-refractivity contribution in [1.29, 1.82) is 0 Å². The lowest BCUT2D eigenvalue weighted by atomic mass is 9.86. The molecule has 0 aliphatic carbocycles. The summed E-state index contributed by atoms with van der Waals surface area (Å²) in [6, 6.07) is 9.01. The number of aromatic amines is 1. The second kappa shape index (κ2) is 13.0. The van der Waals surface area contributed by atoms with Crippen molar-refractivity contribution in [3.8, 4) is 34.5 Å². The summed E-state index contributed by atoms with van der Waals surface area (Å²) in [7, 11) is 4.42. The van der Waals surface area contributed by atoms with Gasteiger partial charge in [0.2, 0.25) is 24.2 Å². The maximum Gasteiger partial charge on any atom is 0.343 e. The van der Waals surface area contributed by atoms with Gasteiger partial charge in [0.1, 0.15) is 17.1 Å². The number of hydrogen-bond acceptors (Lipinski definition) is 10. The average Bonchev–Trinajstić information content (AvgIpc) is 3.46. The molecule has 0 bridgehead atoms. The molecule has 0 fully saturated rings. The zero-order chi connectivity index (χ0) is 29.5. The fourth-order valence-corrected chi connectivity index (χ4v) is 4.64. The Balaban J connectivity index is 1.73. The molecule has 1 aromatic heterocycles. The zero-order valence-electron chi connectivity index (χ0n) is 23.2. The van der Waals surface area contributed by atoms with Gasteiger partial charge in [-0.1, -0.05) is 12.1 Å². The summed E-state index contributed by atoms with van der Waals surface area (Å²) in [5.41, 5.74) is 0.116. The lowest BCUT2D eigenvalue weighted by Crippen LogP contribution is -2.29. The molecule has 41 heavy (non-hydrogen) atoms. The van der Waals surface area contributed by atoms with Gasteiger partial charge in [0.25, 0.3) is 5.56 Å². The second-order valence-corrected chi connectivity index (χ2v) is 8.99. The van der Waals surface area contributed by atoms with Gasteiger partial charge in [-0.25, -0.2) is 4.79 Å².